The Morgan fingerprint density at radius 3 is 2.55 bits per heavy atom. The summed E-state index contributed by atoms with van der Waals surface area (Å²) in [6.07, 6.45) is 0. The molecule has 112 valence electrons. The molecule has 1 aromatic rings. The zero-order chi connectivity index (χ0) is 15.3. The van der Waals surface area contributed by atoms with Gasteiger partial charge in [0.2, 0.25) is 0 Å². The Kier molecular flexibility index (Phi) is 5.34. The van der Waals surface area contributed by atoms with Gasteiger partial charge in [0.25, 0.3) is 10.2 Å². The molecule has 0 aliphatic rings. The number of ether oxygens (including phenoxy) is 1. The molecule has 0 saturated heterocycles. The number of benzene rings is 1. The first-order chi connectivity index (χ1) is 9.25. The largest absolute Gasteiger partial charge is 0.497 e. The third-order valence-electron chi connectivity index (χ3n) is 2.38. The average molecular weight is 302 g/mol. The fourth-order valence-electron chi connectivity index (χ4n) is 1.37. The minimum absolute atomic E-state index is 0.0189. The molecule has 0 fully saturated rings. The van der Waals surface area contributed by atoms with Gasteiger partial charge in [-0.1, -0.05) is 13.8 Å². The predicted octanol–water partition coefficient (Wildman–Crippen LogP) is 1.30. The third-order valence-corrected chi connectivity index (χ3v) is 3.42. The number of carbonyl (C=O) groups is 1. The van der Waals surface area contributed by atoms with Crippen molar-refractivity contribution in [3.63, 3.8) is 0 Å². The van der Waals surface area contributed by atoms with Gasteiger partial charge in [0.1, 0.15) is 5.75 Å². The zero-order valence-electron chi connectivity index (χ0n) is 11.5. The van der Waals surface area contributed by atoms with Crippen molar-refractivity contribution in [1.29, 1.82) is 0 Å². The van der Waals surface area contributed by atoms with E-state index in [4.69, 9.17) is 9.84 Å². The molecule has 1 rings (SSSR count). The molecule has 3 N–H and O–H groups in total. The van der Waals surface area contributed by atoms with Gasteiger partial charge in [-0.2, -0.15) is 13.1 Å². The summed E-state index contributed by atoms with van der Waals surface area (Å²) in [5, 5.41) is 9.09. The molecule has 7 nitrogen and oxygen atoms in total. The van der Waals surface area contributed by atoms with E-state index in [1.54, 1.807) is 0 Å². The molecule has 0 aromatic heterocycles. The van der Waals surface area contributed by atoms with E-state index >= 15 is 0 Å². The van der Waals surface area contributed by atoms with Crippen LogP contribution in [-0.2, 0) is 10.2 Å². The van der Waals surface area contributed by atoms with Crippen molar-refractivity contribution < 1.29 is 23.1 Å². The van der Waals surface area contributed by atoms with Crippen molar-refractivity contribution in [3.8, 4) is 5.75 Å². The summed E-state index contributed by atoms with van der Waals surface area (Å²) >= 11 is 0. The van der Waals surface area contributed by atoms with Gasteiger partial charge in [-0.3, -0.25) is 4.72 Å². The molecule has 0 heterocycles. The number of carboxylic acids is 1. The van der Waals surface area contributed by atoms with Gasteiger partial charge in [-0.15, -0.1) is 0 Å². The van der Waals surface area contributed by atoms with Gasteiger partial charge < -0.3 is 9.84 Å². The van der Waals surface area contributed by atoms with Crippen molar-refractivity contribution in [2.24, 2.45) is 5.92 Å². The summed E-state index contributed by atoms with van der Waals surface area (Å²) in [5.41, 5.74) is -0.200. The van der Waals surface area contributed by atoms with Crippen LogP contribution in [0.25, 0.3) is 0 Å². The number of anilines is 1. The van der Waals surface area contributed by atoms with Gasteiger partial charge in [-0.05, 0) is 24.1 Å². The zero-order valence-corrected chi connectivity index (χ0v) is 12.3. The molecule has 20 heavy (non-hydrogen) atoms. The molecule has 0 aliphatic carbocycles. The van der Waals surface area contributed by atoms with Gasteiger partial charge >= 0.3 is 5.97 Å². The molecule has 1 aromatic carbocycles. The van der Waals surface area contributed by atoms with Gasteiger partial charge in [0.15, 0.2) is 0 Å². The Labute approximate surface area is 118 Å². The third kappa shape index (κ3) is 4.71. The van der Waals surface area contributed by atoms with Crippen LogP contribution in [0.1, 0.15) is 24.2 Å². The van der Waals surface area contributed by atoms with Crippen LogP contribution in [0.2, 0.25) is 0 Å². The van der Waals surface area contributed by atoms with Crippen LogP contribution in [0, 0.1) is 5.92 Å². The number of aromatic carboxylic acids is 1. The Morgan fingerprint density at radius 1 is 1.40 bits per heavy atom. The molecule has 0 aliphatic heterocycles. The van der Waals surface area contributed by atoms with E-state index in [1.165, 1.54) is 25.3 Å². The first kappa shape index (κ1) is 16.3. The molecule has 8 heteroatoms. The summed E-state index contributed by atoms with van der Waals surface area (Å²) < 4.78 is 33.0. The van der Waals surface area contributed by atoms with Crippen LogP contribution in [0.3, 0.4) is 0 Å². The van der Waals surface area contributed by atoms with Crippen molar-refractivity contribution >= 4 is 21.9 Å². The molecule has 0 unspecified atom stereocenters. The summed E-state index contributed by atoms with van der Waals surface area (Å²) in [7, 11) is -2.41. The summed E-state index contributed by atoms with van der Waals surface area (Å²) in [6, 6.07) is 4.08. The SMILES string of the molecule is COc1ccc(NS(=O)(=O)NCC(C)C)c(C(=O)O)c1. The smallest absolute Gasteiger partial charge is 0.337 e. The van der Waals surface area contributed by atoms with Crippen LogP contribution < -0.4 is 14.2 Å². The van der Waals surface area contributed by atoms with Gasteiger partial charge in [-0.25, -0.2) is 4.79 Å². The number of rotatable bonds is 7. The number of carboxylic acid groups (broad SMARTS) is 1. The first-order valence-electron chi connectivity index (χ1n) is 5.94. The maximum atomic E-state index is 11.8. The van der Waals surface area contributed by atoms with Crippen LogP contribution >= 0.6 is 0 Å². The second-order valence-corrected chi connectivity index (χ2v) is 6.06. The summed E-state index contributed by atoms with van der Waals surface area (Å²) in [5.74, 6) is -0.771. The van der Waals surface area contributed by atoms with E-state index in [1.807, 2.05) is 13.8 Å². The standard InChI is InChI=1S/C12H18N2O5S/c1-8(2)7-13-20(17,18)14-11-5-4-9(19-3)6-10(11)12(15)16/h4-6,8,13-14H,7H2,1-3H3,(H,15,16). The van der Waals surface area contributed by atoms with E-state index in [0.29, 0.717) is 5.75 Å². The highest BCUT2D eigenvalue weighted by Gasteiger charge is 2.17. The maximum Gasteiger partial charge on any atom is 0.337 e. The van der Waals surface area contributed by atoms with Crippen LogP contribution in [0.4, 0.5) is 5.69 Å². The van der Waals surface area contributed by atoms with Crippen molar-refractivity contribution in [1.82, 2.24) is 4.72 Å². The summed E-state index contributed by atoms with van der Waals surface area (Å²) in [6.45, 7) is 3.98. The Bertz CT molecular complexity index is 584. The van der Waals surface area contributed by atoms with E-state index in [-0.39, 0.29) is 23.7 Å². The average Bonchev–Trinajstić information content (AvgIpc) is 2.36. The molecule has 0 atom stereocenters. The molecule has 0 radical (unpaired) electrons. The lowest BCUT2D eigenvalue weighted by Gasteiger charge is -2.13. The topological polar surface area (TPSA) is 105 Å². The normalized spacial score (nSPS) is 11.4. The second kappa shape index (κ2) is 6.58. The molecule has 0 saturated carbocycles. The summed E-state index contributed by atoms with van der Waals surface area (Å²) in [4.78, 5) is 11.1. The molecular weight excluding hydrogens is 284 g/mol. The quantitative estimate of drug-likeness (QED) is 0.704. The van der Waals surface area contributed by atoms with Crippen molar-refractivity contribution in [2.75, 3.05) is 18.4 Å². The minimum atomic E-state index is -3.81. The van der Waals surface area contributed by atoms with E-state index < -0.39 is 16.2 Å². The van der Waals surface area contributed by atoms with Crippen LogP contribution in [0.15, 0.2) is 18.2 Å². The fourth-order valence-corrected chi connectivity index (χ4v) is 2.47. The highest BCUT2D eigenvalue weighted by molar-refractivity contribution is 7.90. The number of hydrogen-bond donors (Lipinski definition) is 3. The number of methoxy groups -OCH3 is 1. The predicted molar refractivity (Wildman–Crippen MR) is 75.3 cm³/mol. The van der Waals surface area contributed by atoms with Crippen molar-refractivity contribution in [3.05, 3.63) is 23.8 Å². The number of nitrogens with one attached hydrogen (secondary N) is 2. The molecular formula is C12H18N2O5S. The molecule has 0 amide bonds. The first-order valence-corrected chi connectivity index (χ1v) is 7.42. The lowest BCUT2D eigenvalue weighted by molar-refractivity contribution is 0.0697. The van der Waals surface area contributed by atoms with Crippen molar-refractivity contribution in [2.45, 2.75) is 13.8 Å². The van der Waals surface area contributed by atoms with Crippen LogP contribution in [-0.4, -0.2) is 33.1 Å². The minimum Gasteiger partial charge on any atom is -0.497 e. The monoisotopic (exact) mass is 302 g/mol. The number of hydrogen-bond acceptors (Lipinski definition) is 4. The Morgan fingerprint density at radius 2 is 2.05 bits per heavy atom. The van der Waals surface area contributed by atoms with Crippen LogP contribution in [0.5, 0.6) is 5.75 Å². The lowest BCUT2D eigenvalue weighted by Crippen LogP contribution is -2.33. The molecule has 0 bridgehead atoms. The second-order valence-electron chi connectivity index (χ2n) is 4.56. The van der Waals surface area contributed by atoms with Gasteiger partial charge in [0.05, 0.1) is 18.4 Å². The maximum absolute atomic E-state index is 11.8. The molecule has 0 spiro atoms. The lowest BCUT2D eigenvalue weighted by atomic mass is 10.2. The Hall–Kier alpha value is -1.80. The highest BCUT2D eigenvalue weighted by Crippen LogP contribution is 2.22. The highest BCUT2D eigenvalue weighted by atomic mass is 32.2. The van der Waals surface area contributed by atoms with E-state index in [0.717, 1.165) is 0 Å². The fraction of sp³-hybridized carbons (Fsp3) is 0.417. The van der Waals surface area contributed by atoms with E-state index in [2.05, 4.69) is 9.44 Å². The van der Waals surface area contributed by atoms with E-state index in [9.17, 15) is 13.2 Å². The van der Waals surface area contributed by atoms with Gasteiger partial charge in [0, 0.05) is 6.54 Å². The Balaban J connectivity index is 2.99.